The third kappa shape index (κ3) is 5.09. The molecular formula is C15H23NO4. The van der Waals surface area contributed by atoms with Gasteiger partial charge in [0.1, 0.15) is 0 Å². The van der Waals surface area contributed by atoms with Crippen molar-refractivity contribution in [1.82, 2.24) is 4.90 Å². The van der Waals surface area contributed by atoms with Crippen molar-refractivity contribution in [2.24, 2.45) is 0 Å². The molecule has 1 aromatic rings. The Morgan fingerprint density at radius 2 is 1.90 bits per heavy atom. The van der Waals surface area contributed by atoms with E-state index >= 15 is 0 Å². The predicted molar refractivity (Wildman–Crippen MR) is 77.1 cm³/mol. The van der Waals surface area contributed by atoms with Gasteiger partial charge in [-0.3, -0.25) is 4.79 Å². The van der Waals surface area contributed by atoms with Crippen LogP contribution in [-0.2, 0) is 16.1 Å². The summed E-state index contributed by atoms with van der Waals surface area (Å²) in [6.45, 7) is 3.64. The van der Waals surface area contributed by atoms with Gasteiger partial charge in [0.25, 0.3) is 0 Å². The van der Waals surface area contributed by atoms with Gasteiger partial charge in [0.05, 0.1) is 27.2 Å². The second-order valence-corrected chi connectivity index (χ2v) is 4.48. The Kier molecular flexibility index (Phi) is 6.87. The summed E-state index contributed by atoms with van der Waals surface area (Å²) >= 11 is 0. The minimum Gasteiger partial charge on any atom is -0.493 e. The van der Waals surface area contributed by atoms with Gasteiger partial charge in [-0.15, -0.1) is 0 Å². The van der Waals surface area contributed by atoms with Gasteiger partial charge < -0.3 is 19.1 Å². The van der Waals surface area contributed by atoms with Crippen LogP contribution in [0.15, 0.2) is 18.2 Å². The van der Waals surface area contributed by atoms with Crippen molar-refractivity contribution < 1.29 is 19.0 Å². The summed E-state index contributed by atoms with van der Waals surface area (Å²) in [5, 5.41) is 0. The van der Waals surface area contributed by atoms with E-state index < -0.39 is 0 Å². The second-order valence-electron chi connectivity index (χ2n) is 4.48. The van der Waals surface area contributed by atoms with Crippen molar-refractivity contribution in [3.63, 3.8) is 0 Å². The molecule has 0 amide bonds. The lowest BCUT2D eigenvalue weighted by atomic mass is 10.2. The van der Waals surface area contributed by atoms with Crippen LogP contribution in [0.5, 0.6) is 11.5 Å². The summed E-state index contributed by atoms with van der Waals surface area (Å²) in [4.78, 5) is 13.4. The maximum absolute atomic E-state index is 11.3. The fraction of sp³-hybridized carbons (Fsp3) is 0.533. The van der Waals surface area contributed by atoms with E-state index in [1.165, 1.54) is 0 Å². The molecule has 0 unspecified atom stereocenters. The normalized spacial score (nSPS) is 10.4. The highest BCUT2D eigenvalue weighted by atomic mass is 16.5. The topological polar surface area (TPSA) is 48.0 Å². The number of carbonyl (C=O) groups is 1. The van der Waals surface area contributed by atoms with Crippen LogP contribution in [0.25, 0.3) is 0 Å². The molecule has 0 N–H and O–H groups in total. The fourth-order valence-corrected chi connectivity index (χ4v) is 1.89. The van der Waals surface area contributed by atoms with Crippen molar-refractivity contribution in [3.05, 3.63) is 23.8 Å². The predicted octanol–water partition coefficient (Wildman–Crippen LogP) is 2.09. The Morgan fingerprint density at radius 1 is 1.20 bits per heavy atom. The second kappa shape index (κ2) is 8.43. The maximum Gasteiger partial charge on any atom is 0.307 e. The third-order valence-corrected chi connectivity index (χ3v) is 2.90. The quantitative estimate of drug-likeness (QED) is 0.683. The summed E-state index contributed by atoms with van der Waals surface area (Å²) in [6.07, 6.45) is 0.400. The number of hydrogen-bond donors (Lipinski definition) is 0. The fourth-order valence-electron chi connectivity index (χ4n) is 1.89. The van der Waals surface area contributed by atoms with Crippen LogP contribution in [0.3, 0.4) is 0 Å². The highest BCUT2D eigenvalue weighted by Gasteiger charge is 2.08. The van der Waals surface area contributed by atoms with E-state index in [1.54, 1.807) is 14.2 Å². The summed E-state index contributed by atoms with van der Waals surface area (Å²) < 4.78 is 15.4. The molecule has 0 spiro atoms. The highest BCUT2D eigenvalue weighted by molar-refractivity contribution is 5.69. The SMILES string of the molecule is CCOC(=O)CCN(C)Cc1ccc(OC)c(OC)c1. The summed E-state index contributed by atoms with van der Waals surface area (Å²) in [6, 6.07) is 5.81. The molecule has 0 heterocycles. The van der Waals surface area contributed by atoms with Gasteiger partial charge in [-0.05, 0) is 31.7 Å². The molecule has 0 aromatic heterocycles. The molecule has 112 valence electrons. The Hall–Kier alpha value is -1.75. The first kappa shape index (κ1) is 16.3. The first-order valence-corrected chi connectivity index (χ1v) is 6.65. The molecule has 5 heteroatoms. The first-order valence-electron chi connectivity index (χ1n) is 6.65. The number of rotatable bonds is 8. The van der Waals surface area contributed by atoms with Crippen molar-refractivity contribution in [3.8, 4) is 11.5 Å². The number of carbonyl (C=O) groups excluding carboxylic acids is 1. The molecule has 20 heavy (non-hydrogen) atoms. The van der Waals surface area contributed by atoms with Crippen LogP contribution in [0.4, 0.5) is 0 Å². The van der Waals surface area contributed by atoms with Gasteiger partial charge in [-0.2, -0.15) is 0 Å². The number of ether oxygens (including phenoxy) is 3. The zero-order chi connectivity index (χ0) is 15.0. The Balaban J connectivity index is 2.53. The Bertz CT molecular complexity index is 434. The van der Waals surface area contributed by atoms with Crippen LogP contribution in [0.1, 0.15) is 18.9 Å². The van der Waals surface area contributed by atoms with Gasteiger partial charge in [-0.1, -0.05) is 6.07 Å². The zero-order valence-electron chi connectivity index (χ0n) is 12.6. The van der Waals surface area contributed by atoms with Gasteiger partial charge in [-0.25, -0.2) is 0 Å². The van der Waals surface area contributed by atoms with Crippen molar-refractivity contribution >= 4 is 5.97 Å². The minimum atomic E-state index is -0.160. The molecule has 0 aliphatic carbocycles. The van der Waals surface area contributed by atoms with E-state index in [1.807, 2.05) is 32.2 Å². The third-order valence-electron chi connectivity index (χ3n) is 2.90. The molecule has 5 nitrogen and oxygen atoms in total. The number of hydrogen-bond acceptors (Lipinski definition) is 5. The number of benzene rings is 1. The largest absolute Gasteiger partial charge is 0.493 e. The van der Waals surface area contributed by atoms with E-state index in [2.05, 4.69) is 4.90 Å². The van der Waals surface area contributed by atoms with Crippen molar-refractivity contribution in [2.75, 3.05) is 34.4 Å². The summed E-state index contributed by atoms with van der Waals surface area (Å²) in [5.74, 6) is 1.26. The lowest BCUT2D eigenvalue weighted by Crippen LogP contribution is -2.22. The number of esters is 1. The molecule has 1 rings (SSSR count). The maximum atomic E-state index is 11.3. The lowest BCUT2D eigenvalue weighted by Gasteiger charge is -2.17. The average molecular weight is 281 g/mol. The van der Waals surface area contributed by atoms with Crippen molar-refractivity contribution in [1.29, 1.82) is 0 Å². The number of methoxy groups -OCH3 is 2. The number of nitrogens with zero attached hydrogens (tertiary/aromatic N) is 1. The van der Waals surface area contributed by atoms with Crippen LogP contribution in [0.2, 0.25) is 0 Å². The lowest BCUT2D eigenvalue weighted by molar-refractivity contribution is -0.143. The van der Waals surface area contributed by atoms with Crippen LogP contribution in [-0.4, -0.2) is 45.3 Å². The van der Waals surface area contributed by atoms with Gasteiger partial charge in [0.2, 0.25) is 0 Å². The van der Waals surface area contributed by atoms with Crippen LogP contribution >= 0.6 is 0 Å². The van der Waals surface area contributed by atoms with E-state index in [-0.39, 0.29) is 5.97 Å². The van der Waals surface area contributed by atoms with Gasteiger partial charge >= 0.3 is 5.97 Å². The average Bonchev–Trinajstić information content (AvgIpc) is 2.45. The molecule has 0 fully saturated rings. The standard InChI is InChI=1S/C15H23NO4/c1-5-20-15(17)8-9-16(2)11-12-6-7-13(18-3)14(10-12)19-4/h6-7,10H,5,8-9,11H2,1-4H3. The highest BCUT2D eigenvalue weighted by Crippen LogP contribution is 2.27. The molecule has 0 bridgehead atoms. The molecule has 1 aromatic carbocycles. The molecule has 0 aliphatic rings. The van der Waals surface area contributed by atoms with Crippen LogP contribution in [0, 0.1) is 0 Å². The first-order chi connectivity index (χ1) is 9.60. The molecule has 0 aliphatic heterocycles. The molecule has 0 atom stereocenters. The van der Waals surface area contributed by atoms with E-state index in [4.69, 9.17) is 14.2 Å². The van der Waals surface area contributed by atoms with Gasteiger partial charge in [0.15, 0.2) is 11.5 Å². The molecular weight excluding hydrogens is 258 g/mol. The monoisotopic (exact) mass is 281 g/mol. The van der Waals surface area contributed by atoms with Gasteiger partial charge in [0, 0.05) is 13.1 Å². The molecule has 0 saturated carbocycles. The van der Waals surface area contributed by atoms with Crippen molar-refractivity contribution in [2.45, 2.75) is 19.9 Å². The summed E-state index contributed by atoms with van der Waals surface area (Å²) in [5.41, 5.74) is 1.11. The Labute approximate surface area is 120 Å². The minimum absolute atomic E-state index is 0.160. The molecule has 0 radical (unpaired) electrons. The van der Waals surface area contributed by atoms with Crippen LogP contribution < -0.4 is 9.47 Å². The van der Waals surface area contributed by atoms with E-state index in [0.717, 1.165) is 12.1 Å². The summed E-state index contributed by atoms with van der Waals surface area (Å²) in [7, 11) is 5.20. The molecule has 0 saturated heterocycles. The van der Waals surface area contributed by atoms with E-state index in [0.29, 0.717) is 31.1 Å². The Morgan fingerprint density at radius 3 is 2.50 bits per heavy atom. The zero-order valence-corrected chi connectivity index (χ0v) is 12.6. The smallest absolute Gasteiger partial charge is 0.307 e. The van der Waals surface area contributed by atoms with E-state index in [9.17, 15) is 4.79 Å².